The zero-order valence-electron chi connectivity index (χ0n) is 27.3. The molecule has 0 aliphatic carbocycles. The van der Waals surface area contributed by atoms with Gasteiger partial charge in [-0.2, -0.15) is 0 Å². The number of carbonyl (C=O) groups excluding carboxylic acids is 4. The van der Waals surface area contributed by atoms with Crippen molar-refractivity contribution in [2.24, 2.45) is 5.41 Å². The predicted octanol–water partition coefficient (Wildman–Crippen LogP) is 4.60. The highest BCUT2D eigenvalue weighted by Crippen LogP contribution is 2.33. The minimum Gasteiger partial charge on any atom is -0.480 e. The first-order chi connectivity index (χ1) is 22.5. The van der Waals surface area contributed by atoms with Crippen molar-refractivity contribution in [2.75, 3.05) is 17.2 Å². The van der Waals surface area contributed by atoms with Crippen LogP contribution < -0.4 is 21.3 Å². The van der Waals surface area contributed by atoms with Crippen LogP contribution in [0.3, 0.4) is 0 Å². The summed E-state index contributed by atoms with van der Waals surface area (Å²) in [6.45, 7) is 7.15. The fraction of sp³-hybridized carbons (Fsp3) is 0.412. The maximum Gasteiger partial charge on any atom is 0.326 e. The van der Waals surface area contributed by atoms with Crippen molar-refractivity contribution in [3.8, 4) is 0 Å². The largest absolute Gasteiger partial charge is 0.480 e. The first-order valence-electron chi connectivity index (χ1n) is 15.4. The number of urea groups is 1. The Hall–Kier alpha value is -4.91. The van der Waals surface area contributed by atoms with Crippen LogP contribution in [0.25, 0.3) is 0 Å². The fourth-order valence-electron chi connectivity index (χ4n) is 5.24. The van der Waals surface area contributed by atoms with E-state index in [0.29, 0.717) is 16.4 Å². The highest BCUT2D eigenvalue weighted by Gasteiger charge is 2.40. The van der Waals surface area contributed by atoms with Gasteiger partial charge in [-0.05, 0) is 66.6 Å². The van der Waals surface area contributed by atoms with Gasteiger partial charge in [0.25, 0.3) is 0 Å². The zero-order chi connectivity index (χ0) is 35.6. The molecular weight excluding hydrogens is 642 g/mol. The summed E-state index contributed by atoms with van der Waals surface area (Å²) in [5.41, 5.74) is 1.60. The third-order valence-electron chi connectivity index (χ3n) is 7.60. The number of carboxylic acid groups (broad SMARTS) is 2. The summed E-state index contributed by atoms with van der Waals surface area (Å²) in [5.74, 6) is -4.11. The van der Waals surface area contributed by atoms with Crippen molar-refractivity contribution < 1.29 is 39.0 Å². The number of anilines is 2. The molecule has 0 bridgehead atoms. The number of carbonyl (C=O) groups is 6. The van der Waals surface area contributed by atoms with Crippen molar-refractivity contribution >= 4 is 58.7 Å². The molecule has 4 unspecified atom stereocenters. The van der Waals surface area contributed by atoms with Gasteiger partial charge in [0.1, 0.15) is 18.1 Å². The lowest BCUT2D eigenvalue weighted by Gasteiger charge is -2.24. The summed E-state index contributed by atoms with van der Waals surface area (Å²) in [6, 6.07) is 9.78. The molecule has 2 aromatic carbocycles. The van der Waals surface area contributed by atoms with Crippen LogP contribution in [0.2, 0.25) is 5.02 Å². The number of rotatable bonds is 13. The molecule has 5 amide bonds. The SMILES string of the molecule is CC(=O)N1CC(c2ccc(NC(=O)Nc3ccc(Cl)cc3)cc2)CC1C(=O)NC(CC=CCC(NC(=O)CC(C)(C)C)C(=O)O)C(=O)O. The molecule has 1 heterocycles. The minimum atomic E-state index is -1.33. The Morgan fingerprint density at radius 2 is 1.35 bits per heavy atom. The third kappa shape index (κ3) is 11.7. The second-order valence-corrected chi connectivity index (χ2v) is 13.3. The highest BCUT2D eigenvalue weighted by molar-refractivity contribution is 6.30. The van der Waals surface area contributed by atoms with Crippen molar-refractivity contribution in [1.29, 1.82) is 0 Å². The number of benzene rings is 2. The van der Waals surface area contributed by atoms with Gasteiger partial charge < -0.3 is 36.4 Å². The Balaban J connectivity index is 1.58. The van der Waals surface area contributed by atoms with E-state index in [-0.39, 0.29) is 49.5 Å². The average molecular weight is 684 g/mol. The Labute approximate surface area is 284 Å². The van der Waals surface area contributed by atoms with Crippen LogP contribution in [0.5, 0.6) is 0 Å². The lowest BCUT2D eigenvalue weighted by molar-refractivity contribution is -0.143. The minimum absolute atomic E-state index is 0.0742. The van der Waals surface area contributed by atoms with Crippen LogP contribution in [0, 0.1) is 5.41 Å². The number of hydrogen-bond acceptors (Lipinski definition) is 6. The Morgan fingerprint density at radius 3 is 1.83 bits per heavy atom. The Kier molecular flexibility index (Phi) is 13.1. The molecule has 1 saturated heterocycles. The smallest absolute Gasteiger partial charge is 0.326 e. The van der Waals surface area contributed by atoms with E-state index < -0.39 is 47.9 Å². The monoisotopic (exact) mass is 683 g/mol. The summed E-state index contributed by atoms with van der Waals surface area (Å²) in [7, 11) is 0. The maximum atomic E-state index is 13.3. The number of nitrogens with zero attached hydrogens (tertiary/aromatic N) is 1. The molecule has 6 N–H and O–H groups in total. The van der Waals surface area contributed by atoms with Gasteiger partial charge in [0.05, 0.1) is 0 Å². The summed E-state index contributed by atoms with van der Waals surface area (Å²) < 4.78 is 0. The van der Waals surface area contributed by atoms with E-state index >= 15 is 0 Å². The second-order valence-electron chi connectivity index (χ2n) is 12.9. The maximum absolute atomic E-state index is 13.3. The van der Waals surface area contributed by atoms with Gasteiger partial charge in [0.2, 0.25) is 17.7 Å². The van der Waals surface area contributed by atoms with Crippen LogP contribution in [0.1, 0.15) is 64.9 Å². The summed E-state index contributed by atoms with van der Waals surface area (Å²) in [5, 5.41) is 30.2. The van der Waals surface area contributed by atoms with E-state index in [0.717, 1.165) is 5.56 Å². The number of hydrogen-bond donors (Lipinski definition) is 6. The summed E-state index contributed by atoms with van der Waals surface area (Å²) in [4.78, 5) is 75.3. The van der Waals surface area contributed by atoms with Gasteiger partial charge in [-0.1, -0.05) is 56.7 Å². The van der Waals surface area contributed by atoms with Crippen molar-refractivity contribution in [2.45, 2.75) is 77.4 Å². The van der Waals surface area contributed by atoms with Crippen LogP contribution in [0.4, 0.5) is 16.2 Å². The first-order valence-corrected chi connectivity index (χ1v) is 15.8. The van der Waals surface area contributed by atoms with Gasteiger partial charge in [0, 0.05) is 42.2 Å². The zero-order valence-corrected chi connectivity index (χ0v) is 28.0. The third-order valence-corrected chi connectivity index (χ3v) is 7.85. The quantitative estimate of drug-likeness (QED) is 0.165. The number of amides is 5. The van der Waals surface area contributed by atoms with E-state index in [9.17, 15) is 39.0 Å². The van der Waals surface area contributed by atoms with E-state index in [2.05, 4.69) is 21.3 Å². The number of nitrogens with one attached hydrogen (secondary N) is 4. The average Bonchev–Trinajstić information content (AvgIpc) is 3.44. The van der Waals surface area contributed by atoms with E-state index in [1.54, 1.807) is 48.5 Å². The molecule has 0 spiro atoms. The molecule has 3 rings (SSSR count). The van der Waals surface area contributed by atoms with Crippen molar-refractivity contribution in [1.82, 2.24) is 15.5 Å². The molecule has 4 atom stereocenters. The van der Waals surface area contributed by atoms with Gasteiger partial charge in [-0.3, -0.25) is 14.4 Å². The van der Waals surface area contributed by atoms with E-state index in [1.807, 2.05) is 20.8 Å². The van der Waals surface area contributed by atoms with E-state index in [4.69, 9.17) is 11.6 Å². The number of likely N-dealkylation sites (tertiary alicyclic amines) is 1. The van der Waals surface area contributed by atoms with Gasteiger partial charge >= 0.3 is 18.0 Å². The molecule has 1 aliphatic rings. The second kappa shape index (κ2) is 16.8. The molecular formula is C34H42ClN5O8. The Morgan fingerprint density at radius 1 is 0.854 bits per heavy atom. The molecule has 14 heteroatoms. The molecule has 48 heavy (non-hydrogen) atoms. The topological polar surface area (TPSA) is 194 Å². The molecule has 258 valence electrons. The molecule has 0 radical (unpaired) electrons. The van der Waals surface area contributed by atoms with Gasteiger partial charge in [-0.15, -0.1) is 0 Å². The Bertz CT molecular complexity index is 1520. The molecule has 1 aliphatic heterocycles. The molecule has 1 fully saturated rings. The van der Waals surface area contributed by atoms with Crippen LogP contribution >= 0.6 is 11.6 Å². The lowest BCUT2D eigenvalue weighted by Crippen LogP contribution is -2.50. The molecule has 2 aromatic rings. The fourth-order valence-corrected chi connectivity index (χ4v) is 5.37. The van der Waals surface area contributed by atoms with Crippen LogP contribution in [0.15, 0.2) is 60.7 Å². The van der Waals surface area contributed by atoms with Crippen LogP contribution in [-0.4, -0.2) is 75.5 Å². The summed E-state index contributed by atoms with van der Waals surface area (Å²) >= 11 is 5.88. The first kappa shape index (κ1) is 37.5. The number of halogens is 1. The van der Waals surface area contributed by atoms with Crippen molar-refractivity contribution in [3.05, 3.63) is 71.3 Å². The predicted molar refractivity (Wildman–Crippen MR) is 181 cm³/mol. The van der Waals surface area contributed by atoms with Crippen LogP contribution in [-0.2, 0) is 24.0 Å². The summed E-state index contributed by atoms with van der Waals surface area (Å²) in [6.07, 6.45) is 3.07. The van der Waals surface area contributed by atoms with Crippen molar-refractivity contribution in [3.63, 3.8) is 0 Å². The molecule has 0 saturated carbocycles. The molecule has 13 nitrogen and oxygen atoms in total. The number of carboxylic acids is 2. The van der Waals surface area contributed by atoms with Gasteiger partial charge in [-0.25, -0.2) is 14.4 Å². The molecule has 0 aromatic heterocycles. The highest BCUT2D eigenvalue weighted by atomic mass is 35.5. The number of aliphatic carboxylic acids is 2. The van der Waals surface area contributed by atoms with Gasteiger partial charge in [0.15, 0.2) is 0 Å². The lowest BCUT2D eigenvalue weighted by atomic mass is 9.92. The van der Waals surface area contributed by atoms with E-state index in [1.165, 1.54) is 24.0 Å². The standard InChI is InChI=1S/C34H42ClN5O8/c1-20(41)40-19-22(21-9-13-24(14-10-21)36-33(48)37-25-15-11-23(35)12-16-25)17-28(40)30(43)39-27(32(46)47)8-6-5-7-26(31(44)45)38-29(42)18-34(2,3)4/h5-6,9-16,22,26-28H,7-8,17-19H2,1-4H3,(H,38,42)(H,39,43)(H,44,45)(H,46,47)(H2,36,37,48). The normalized spacial score (nSPS) is 17.3.